The molecule has 0 aromatic heterocycles. The Morgan fingerprint density at radius 3 is 2.35 bits per heavy atom. The third-order valence-electron chi connectivity index (χ3n) is 5.22. The standard InChI is InChI=1S/C23H21NO8S2/c1-13-3-5-14(6-4-13)22(28)30-12-11-17-19(25)24-18(21(26)27)23(33-20(17)24)31-15-7-9-16(10-8-15)32-34(2)29/h3-10,17,20H,11-12H2,1-2H3,(H,26,27)/t17-,20+,34?/m0/s1. The van der Waals surface area contributed by atoms with Crippen LogP contribution in [0.25, 0.3) is 0 Å². The molecule has 0 saturated carbocycles. The molecule has 2 heterocycles. The minimum atomic E-state index is -1.47. The summed E-state index contributed by atoms with van der Waals surface area (Å²) < 4.78 is 27.3. The first-order valence-corrected chi connectivity index (χ1v) is 12.6. The lowest BCUT2D eigenvalue weighted by Crippen LogP contribution is -2.57. The highest BCUT2D eigenvalue weighted by atomic mass is 32.2. The van der Waals surface area contributed by atoms with E-state index < -0.39 is 34.3 Å². The molecule has 178 valence electrons. The van der Waals surface area contributed by atoms with E-state index in [1.807, 2.05) is 19.1 Å². The number of carboxylic acid groups (broad SMARTS) is 1. The van der Waals surface area contributed by atoms with Gasteiger partial charge in [-0.15, -0.1) is 0 Å². The summed E-state index contributed by atoms with van der Waals surface area (Å²) >= 11 is -0.337. The van der Waals surface area contributed by atoms with Gasteiger partial charge < -0.3 is 18.8 Å². The van der Waals surface area contributed by atoms with Crippen molar-refractivity contribution in [3.05, 3.63) is 70.4 Å². The van der Waals surface area contributed by atoms with Crippen LogP contribution in [0.1, 0.15) is 22.3 Å². The molecule has 0 radical (unpaired) electrons. The van der Waals surface area contributed by atoms with Gasteiger partial charge in [0, 0.05) is 6.26 Å². The summed E-state index contributed by atoms with van der Waals surface area (Å²) in [6.45, 7) is 1.95. The SMILES string of the molecule is Cc1ccc(C(=O)OCC[C@H]2C(=O)N3C(C(=O)O)=C(Oc4ccc(OS(C)=O)cc4)S[C@H]23)cc1. The van der Waals surface area contributed by atoms with Gasteiger partial charge in [0.2, 0.25) is 17.0 Å². The molecule has 34 heavy (non-hydrogen) atoms. The van der Waals surface area contributed by atoms with Crippen molar-refractivity contribution < 1.29 is 37.4 Å². The first-order chi connectivity index (χ1) is 16.2. The third kappa shape index (κ3) is 4.95. The fourth-order valence-electron chi connectivity index (χ4n) is 3.55. The van der Waals surface area contributed by atoms with E-state index in [9.17, 15) is 23.7 Å². The van der Waals surface area contributed by atoms with Crippen LogP contribution in [0.3, 0.4) is 0 Å². The number of thioether (sulfide) groups is 1. The zero-order chi connectivity index (χ0) is 24.4. The number of carboxylic acids is 1. The number of benzene rings is 2. The first-order valence-electron chi connectivity index (χ1n) is 10.3. The van der Waals surface area contributed by atoms with Crippen molar-refractivity contribution in [1.82, 2.24) is 4.90 Å². The highest BCUT2D eigenvalue weighted by Gasteiger charge is 2.56. The van der Waals surface area contributed by atoms with Gasteiger partial charge >= 0.3 is 11.9 Å². The maximum absolute atomic E-state index is 12.7. The van der Waals surface area contributed by atoms with Crippen molar-refractivity contribution in [2.45, 2.75) is 18.7 Å². The molecule has 1 fully saturated rings. The summed E-state index contributed by atoms with van der Waals surface area (Å²) in [5.74, 6) is -1.89. The zero-order valence-electron chi connectivity index (χ0n) is 18.3. The Hall–Kier alpha value is -3.31. The number of ether oxygens (including phenoxy) is 2. The van der Waals surface area contributed by atoms with E-state index in [1.165, 1.54) is 11.2 Å². The van der Waals surface area contributed by atoms with Crippen molar-refractivity contribution in [2.24, 2.45) is 5.92 Å². The monoisotopic (exact) mass is 503 g/mol. The second-order valence-corrected chi connectivity index (χ2v) is 9.67. The lowest BCUT2D eigenvalue weighted by Gasteiger charge is -2.41. The number of hydrogen-bond acceptors (Lipinski definition) is 8. The molecule has 0 spiro atoms. The second-order valence-electron chi connectivity index (χ2n) is 7.61. The molecule has 9 nitrogen and oxygen atoms in total. The predicted molar refractivity (Wildman–Crippen MR) is 124 cm³/mol. The van der Waals surface area contributed by atoms with Gasteiger partial charge in [0.1, 0.15) is 16.9 Å². The highest BCUT2D eigenvalue weighted by Crippen LogP contribution is 2.50. The molecule has 1 unspecified atom stereocenters. The van der Waals surface area contributed by atoms with Crippen molar-refractivity contribution in [1.29, 1.82) is 0 Å². The van der Waals surface area contributed by atoms with E-state index in [0.29, 0.717) is 17.1 Å². The van der Waals surface area contributed by atoms with Crippen LogP contribution >= 0.6 is 11.8 Å². The van der Waals surface area contributed by atoms with E-state index in [1.54, 1.807) is 36.4 Å². The number of carbonyl (C=O) groups is 3. The molecular formula is C23H21NO8S2. The third-order valence-corrected chi connectivity index (χ3v) is 6.91. The minimum absolute atomic E-state index is 0.0346. The Bertz CT molecular complexity index is 1180. The van der Waals surface area contributed by atoms with Gasteiger partial charge in [-0.25, -0.2) is 13.8 Å². The first kappa shape index (κ1) is 23.8. The Labute approximate surface area is 202 Å². The number of β-lactam (4-membered cyclic amide) rings is 1. The van der Waals surface area contributed by atoms with Crippen molar-refractivity contribution in [3.63, 3.8) is 0 Å². The molecule has 2 aliphatic rings. The smallest absolute Gasteiger partial charge is 0.357 e. The van der Waals surface area contributed by atoms with E-state index in [-0.39, 0.29) is 29.7 Å². The zero-order valence-corrected chi connectivity index (χ0v) is 19.9. The molecule has 1 saturated heterocycles. The van der Waals surface area contributed by atoms with Crippen LogP contribution in [-0.2, 0) is 25.4 Å². The number of hydrogen-bond donors (Lipinski definition) is 1. The Morgan fingerprint density at radius 2 is 1.74 bits per heavy atom. The summed E-state index contributed by atoms with van der Waals surface area (Å²) in [6.07, 6.45) is 1.66. The molecular weight excluding hydrogens is 482 g/mol. The maximum atomic E-state index is 12.7. The number of amides is 1. The quantitative estimate of drug-likeness (QED) is 0.407. The number of rotatable bonds is 9. The molecule has 0 aliphatic carbocycles. The molecule has 3 atom stereocenters. The highest BCUT2D eigenvalue weighted by molar-refractivity contribution is 8.03. The number of nitrogens with zero attached hydrogens (tertiary/aromatic N) is 1. The average Bonchev–Trinajstić information content (AvgIpc) is 3.13. The number of carbonyl (C=O) groups excluding carboxylic acids is 2. The van der Waals surface area contributed by atoms with Gasteiger partial charge in [-0.05, 0) is 49.7 Å². The van der Waals surface area contributed by atoms with E-state index in [0.717, 1.165) is 17.3 Å². The van der Waals surface area contributed by atoms with Gasteiger partial charge in [0.15, 0.2) is 10.8 Å². The summed E-state index contributed by atoms with van der Waals surface area (Å²) in [4.78, 5) is 37.9. The number of fused-ring (bicyclic) bond motifs is 1. The van der Waals surface area contributed by atoms with Crippen molar-refractivity contribution in [3.8, 4) is 11.5 Å². The fourth-order valence-corrected chi connectivity index (χ4v) is 5.32. The molecule has 11 heteroatoms. The van der Waals surface area contributed by atoms with Crippen LogP contribution in [0.15, 0.2) is 59.3 Å². The number of aliphatic carboxylic acids is 1. The summed E-state index contributed by atoms with van der Waals surface area (Å²) in [6, 6.07) is 13.2. The fraction of sp³-hybridized carbons (Fsp3) is 0.261. The molecule has 1 amide bonds. The Kier molecular flexibility index (Phi) is 6.94. The van der Waals surface area contributed by atoms with Crippen LogP contribution < -0.4 is 8.92 Å². The van der Waals surface area contributed by atoms with Crippen LogP contribution in [0.2, 0.25) is 0 Å². The Morgan fingerprint density at radius 1 is 1.09 bits per heavy atom. The molecule has 2 aliphatic heterocycles. The molecule has 1 N–H and O–H groups in total. The van der Waals surface area contributed by atoms with Crippen molar-refractivity contribution in [2.75, 3.05) is 12.9 Å². The Balaban J connectivity index is 1.37. The largest absolute Gasteiger partial charge is 0.476 e. The lowest BCUT2D eigenvalue weighted by atomic mass is 9.94. The van der Waals surface area contributed by atoms with Gasteiger partial charge in [-0.3, -0.25) is 9.69 Å². The van der Waals surface area contributed by atoms with Crippen molar-refractivity contribution >= 4 is 40.7 Å². The number of aryl methyl sites for hydroxylation is 1. The molecule has 4 rings (SSSR count). The van der Waals surface area contributed by atoms with E-state index in [4.69, 9.17) is 13.7 Å². The topological polar surface area (TPSA) is 119 Å². The maximum Gasteiger partial charge on any atom is 0.357 e. The lowest BCUT2D eigenvalue weighted by molar-refractivity contribution is -0.152. The van der Waals surface area contributed by atoms with Crippen LogP contribution in [0, 0.1) is 12.8 Å². The van der Waals surface area contributed by atoms with Gasteiger partial charge in [0.25, 0.3) is 0 Å². The number of esters is 1. The summed E-state index contributed by atoms with van der Waals surface area (Å²) in [5.41, 5.74) is 1.23. The predicted octanol–water partition coefficient (Wildman–Crippen LogP) is 3.08. The van der Waals surface area contributed by atoms with E-state index >= 15 is 0 Å². The molecule has 2 aromatic carbocycles. The van der Waals surface area contributed by atoms with E-state index in [2.05, 4.69) is 0 Å². The summed E-state index contributed by atoms with van der Waals surface area (Å²) in [5, 5.41) is 9.30. The van der Waals surface area contributed by atoms with Crippen LogP contribution in [0.5, 0.6) is 11.5 Å². The van der Waals surface area contributed by atoms with Crippen LogP contribution in [0.4, 0.5) is 0 Å². The van der Waals surface area contributed by atoms with Gasteiger partial charge in [-0.2, -0.15) is 0 Å². The molecule has 2 aromatic rings. The molecule has 0 bridgehead atoms. The summed E-state index contributed by atoms with van der Waals surface area (Å²) in [7, 11) is 0. The van der Waals surface area contributed by atoms with Gasteiger partial charge in [0.05, 0.1) is 18.1 Å². The second kappa shape index (κ2) is 9.90. The normalized spacial score (nSPS) is 19.8. The van der Waals surface area contributed by atoms with Crippen LogP contribution in [-0.4, -0.2) is 50.3 Å². The minimum Gasteiger partial charge on any atom is -0.476 e. The average molecular weight is 504 g/mol. The van der Waals surface area contributed by atoms with Gasteiger partial charge in [-0.1, -0.05) is 29.5 Å².